The van der Waals surface area contributed by atoms with Gasteiger partial charge in [0.15, 0.2) is 5.16 Å². The smallest absolute Gasteiger partial charge is 0.235 e. The molecular weight excluding hydrogens is 436 g/mol. The largest absolute Gasteiger partial charge is 0.376 e. The molecule has 3 heterocycles. The van der Waals surface area contributed by atoms with Gasteiger partial charge < -0.3 is 14.6 Å². The van der Waals surface area contributed by atoms with Crippen LogP contribution >= 0.6 is 11.8 Å². The number of thioether (sulfide) groups is 1. The predicted octanol–water partition coefficient (Wildman–Crippen LogP) is 4.08. The van der Waals surface area contributed by atoms with Crippen molar-refractivity contribution >= 4 is 23.5 Å². The van der Waals surface area contributed by atoms with Crippen molar-refractivity contribution < 1.29 is 9.53 Å². The number of aryl methyl sites for hydroxylation is 2. The molecule has 2 aromatic heterocycles. The third kappa shape index (κ3) is 4.68. The zero-order valence-electron chi connectivity index (χ0n) is 19.4. The summed E-state index contributed by atoms with van der Waals surface area (Å²) in [6, 6.07) is 10.3. The number of ether oxygens (including phenoxy) is 1. The molecule has 1 aliphatic rings. The Balaban J connectivity index is 1.52. The number of anilines is 1. The molecule has 1 amide bonds. The highest BCUT2D eigenvalue weighted by Gasteiger charge is 2.24. The Morgan fingerprint density at radius 2 is 2.06 bits per heavy atom. The fourth-order valence-corrected chi connectivity index (χ4v) is 4.97. The number of rotatable bonds is 7. The lowest BCUT2D eigenvalue weighted by atomic mass is 10.2. The number of benzene rings is 1. The highest BCUT2D eigenvalue weighted by atomic mass is 32.2. The summed E-state index contributed by atoms with van der Waals surface area (Å²) < 4.78 is 9.76. The van der Waals surface area contributed by atoms with Crippen LogP contribution in [0.1, 0.15) is 41.1 Å². The SMILES string of the molecule is Cc1ccccc1-n1c(C)nnc1SCC(=O)Nc1c(C#N)c(C)c(C)n1C[C@H]1CCCO1. The monoisotopic (exact) mass is 464 g/mol. The van der Waals surface area contributed by atoms with Crippen LogP contribution in [0.3, 0.4) is 0 Å². The van der Waals surface area contributed by atoms with Gasteiger partial charge in [0.05, 0.1) is 29.7 Å². The van der Waals surface area contributed by atoms with Crippen LogP contribution < -0.4 is 5.32 Å². The van der Waals surface area contributed by atoms with Crippen LogP contribution in [0.5, 0.6) is 0 Å². The molecule has 1 aliphatic heterocycles. The zero-order valence-corrected chi connectivity index (χ0v) is 20.2. The average molecular weight is 465 g/mol. The molecule has 8 nitrogen and oxygen atoms in total. The van der Waals surface area contributed by atoms with Crippen molar-refractivity contribution in [2.24, 2.45) is 0 Å². The number of carbonyl (C=O) groups is 1. The molecule has 1 fully saturated rings. The van der Waals surface area contributed by atoms with Crippen LogP contribution in [-0.2, 0) is 16.1 Å². The zero-order chi connectivity index (χ0) is 23.5. The summed E-state index contributed by atoms with van der Waals surface area (Å²) in [7, 11) is 0. The van der Waals surface area contributed by atoms with Crippen LogP contribution in [0.4, 0.5) is 5.82 Å². The van der Waals surface area contributed by atoms with Crippen molar-refractivity contribution in [3.63, 3.8) is 0 Å². The molecule has 172 valence electrons. The fraction of sp³-hybridized carbons (Fsp3) is 0.417. The van der Waals surface area contributed by atoms with Crippen molar-refractivity contribution in [3.8, 4) is 11.8 Å². The van der Waals surface area contributed by atoms with Gasteiger partial charge in [0.2, 0.25) is 5.91 Å². The fourth-order valence-electron chi connectivity index (χ4n) is 4.18. The van der Waals surface area contributed by atoms with E-state index in [1.807, 2.05) is 61.1 Å². The number of hydrogen-bond donors (Lipinski definition) is 1. The second-order valence-corrected chi connectivity index (χ2v) is 9.22. The first-order valence-corrected chi connectivity index (χ1v) is 12.0. The van der Waals surface area contributed by atoms with E-state index in [0.717, 1.165) is 47.8 Å². The van der Waals surface area contributed by atoms with E-state index in [2.05, 4.69) is 21.6 Å². The first-order chi connectivity index (χ1) is 15.9. The second-order valence-electron chi connectivity index (χ2n) is 8.28. The van der Waals surface area contributed by atoms with E-state index < -0.39 is 0 Å². The molecule has 3 aromatic rings. The molecule has 0 saturated carbocycles. The molecule has 0 bridgehead atoms. The van der Waals surface area contributed by atoms with Gasteiger partial charge in [0, 0.05) is 12.3 Å². The third-order valence-corrected chi connectivity index (χ3v) is 7.02. The molecule has 0 spiro atoms. The van der Waals surface area contributed by atoms with Gasteiger partial charge in [0.25, 0.3) is 0 Å². The summed E-state index contributed by atoms with van der Waals surface area (Å²) in [5.74, 6) is 1.26. The number of para-hydroxylation sites is 1. The van der Waals surface area contributed by atoms with Gasteiger partial charge in [-0.3, -0.25) is 9.36 Å². The van der Waals surface area contributed by atoms with Crippen LogP contribution in [-0.4, -0.2) is 43.7 Å². The molecule has 0 unspecified atom stereocenters. The molecule has 1 saturated heterocycles. The molecule has 9 heteroatoms. The van der Waals surface area contributed by atoms with E-state index in [-0.39, 0.29) is 17.8 Å². The standard InChI is InChI=1S/C24H28N6O2S/c1-15-8-5-6-10-21(15)30-18(4)27-28-24(30)33-14-22(31)26-23-20(12-25)16(2)17(3)29(23)13-19-9-7-11-32-19/h5-6,8,10,19H,7,9,11,13-14H2,1-4H3,(H,26,31)/t19-/m1/s1. The number of aromatic nitrogens is 4. The van der Waals surface area contributed by atoms with Gasteiger partial charge in [-0.05, 0) is 57.7 Å². The molecule has 1 N–H and O–H groups in total. The van der Waals surface area contributed by atoms with E-state index in [4.69, 9.17) is 4.74 Å². The quantitative estimate of drug-likeness (QED) is 0.529. The first-order valence-electron chi connectivity index (χ1n) is 11.0. The topological polar surface area (TPSA) is 97.8 Å². The summed E-state index contributed by atoms with van der Waals surface area (Å²) in [6.45, 7) is 9.20. The Labute approximate surface area is 198 Å². The summed E-state index contributed by atoms with van der Waals surface area (Å²) in [5.41, 5.74) is 4.45. The Kier molecular flexibility index (Phi) is 6.86. The molecule has 0 radical (unpaired) electrons. The van der Waals surface area contributed by atoms with Gasteiger partial charge in [-0.25, -0.2) is 0 Å². The van der Waals surface area contributed by atoms with Crippen molar-refractivity contribution in [1.82, 2.24) is 19.3 Å². The maximum Gasteiger partial charge on any atom is 0.235 e. The van der Waals surface area contributed by atoms with Gasteiger partial charge in [-0.1, -0.05) is 30.0 Å². The summed E-state index contributed by atoms with van der Waals surface area (Å²) >= 11 is 1.32. The number of nitrogens with one attached hydrogen (secondary N) is 1. The minimum Gasteiger partial charge on any atom is -0.376 e. The summed E-state index contributed by atoms with van der Waals surface area (Å²) in [6.07, 6.45) is 2.12. The minimum absolute atomic E-state index is 0.0997. The lowest BCUT2D eigenvalue weighted by Gasteiger charge is -2.17. The highest BCUT2D eigenvalue weighted by molar-refractivity contribution is 7.99. The van der Waals surface area contributed by atoms with Crippen LogP contribution in [0.25, 0.3) is 5.69 Å². The first kappa shape index (κ1) is 23.1. The van der Waals surface area contributed by atoms with Crippen molar-refractivity contribution in [3.05, 3.63) is 52.5 Å². The Morgan fingerprint density at radius 1 is 1.27 bits per heavy atom. The minimum atomic E-state index is -0.195. The van der Waals surface area contributed by atoms with Gasteiger partial charge in [0.1, 0.15) is 17.7 Å². The third-order valence-electron chi connectivity index (χ3n) is 6.09. The summed E-state index contributed by atoms with van der Waals surface area (Å²) in [4.78, 5) is 12.9. The van der Waals surface area contributed by atoms with Crippen molar-refractivity contribution in [2.45, 2.75) is 58.3 Å². The van der Waals surface area contributed by atoms with Crippen LogP contribution in [0.15, 0.2) is 29.4 Å². The number of carbonyl (C=O) groups excluding carboxylic acids is 1. The van der Waals surface area contributed by atoms with Gasteiger partial charge >= 0.3 is 0 Å². The van der Waals surface area contributed by atoms with E-state index in [1.54, 1.807) is 0 Å². The molecule has 1 atom stereocenters. The predicted molar refractivity (Wildman–Crippen MR) is 128 cm³/mol. The Morgan fingerprint density at radius 3 is 2.76 bits per heavy atom. The number of hydrogen-bond acceptors (Lipinski definition) is 6. The number of amides is 1. The number of nitrogens with zero attached hydrogens (tertiary/aromatic N) is 5. The van der Waals surface area contributed by atoms with Crippen LogP contribution in [0, 0.1) is 39.0 Å². The van der Waals surface area contributed by atoms with Crippen molar-refractivity contribution in [1.29, 1.82) is 5.26 Å². The van der Waals surface area contributed by atoms with Crippen molar-refractivity contribution in [2.75, 3.05) is 17.7 Å². The maximum atomic E-state index is 12.9. The normalized spacial score (nSPS) is 15.5. The average Bonchev–Trinajstić information content (AvgIpc) is 3.49. The molecule has 4 rings (SSSR count). The van der Waals surface area contributed by atoms with E-state index in [9.17, 15) is 10.1 Å². The van der Waals surface area contributed by atoms with Crippen LogP contribution in [0.2, 0.25) is 0 Å². The van der Waals surface area contributed by atoms with E-state index in [0.29, 0.717) is 23.1 Å². The lowest BCUT2D eigenvalue weighted by Crippen LogP contribution is -2.22. The van der Waals surface area contributed by atoms with E-state index >= 15 is 0 Å². The second kappa shape index (κ2) is 9.81. The molecular formula is C24H28N6O2S. The number of nitriles is 1. The molecule has 0 aliphatic carbocycles. The Hall–Kier alpha value is -3.09. The highest BCUT2D eigenvalue weighted by Crippen LogP contribution is 2.29. The molecule has 33 heavy (non-hydrogen) atoms. The van der Waals surface area contributed by atoms with E-state index in [1.165, 1.54) is 11.8 Å². The van der Waals surface area contributed by atoms with Gasteiger partial charge in [-0.15, -0.1) is 10.2 Å². The Bertz CT molecular complexity index is 1220. The maximum absolute atomic E-state index is 12.9. The van der Waals surface area contributed by atoms with Gasteiger partial charge in [-0.2, -0.15) is 5.26 Å². The lowest BCUT2D eigenvalue weighted by molar-refractivity contribution is -0.113. The molecule has 1 aromatic carbocycles. The summed E-state index contributed by atoms with van der Waals surface area (Å²) in [5, 5.41) is 21.9.